The number of aromatic nitrogens is 1. The second kappa shape index (κ2) is 11.1. The predicted molar refractivity (Wildman–Crippen MR) is 117 cm³/mol. The maximum Gasteiger partial charge on any atom is 0.194 e. The molecule has 0 saturated carbocycles. The van der Waals surface area contributed by atoms with Gasteiger partial charge in [0, 0.05) is 45.3 Å². The van der Waals surface area contributed by atoms with Gasteiger partial charge in [-0.2, -0.15) is 0 Å². The third kappa shape index (κ3) is 6.39. The Labute approximate surface area is 177 Å². The fourth-order valence-corrected chi connectivity index (χ4v) is 3.03. The minimum Gasteiger partial charge on any atom is -0.497 e. The molecule has 8 heteroatoms. The van der Waals surface area contributed by atoms with Crippen LogP contribution in [-0.4, -0.2) is 60.7 Å². The molecule has 7 nitrogen and oxygen atoms in total. The molecule has 0 atom stereocenters. The largest absolute Gasteiger partial charge is 0.497 e. The van der Waals surface area contributed by atoms with E-state index in [1.165, 1.54) is 0 Å². The van der Waals surface area contributed by atoms with Crippen molar-refractivity contribution in [3.8, 4) is 5.75 Å². The number of hydrogen-bond donors (Lipinski definition) is 1. The van der Waals surface area contributed by atoms with E-state index in [0.717, 1.165) is 62.2 Å². The van der Waals surface area contributed by atoms with Gasteiger partial charge in [0.15, 0.2) is 5.96 Å². The summed E-state index contributed by atoms with van der Waals surface area (Å²) in [5.74, 6) is 1.83. The van der Waals surface area contributed by atoms with Crippen LogP contribution >= 0.6 is 24.0 Å². The Morgan fingerprint density at radius 2 is 2.07 bits per heavy atom. The number of nitrogens with zero attached hydrogens (tertiary/aromatic N) is 4. The van der Waals surface area contributed by atoms with Crippen LogP contribution in [0.5, 0.6) is 5.75 Å². The van der Waals surface area contributed by atoms with E-state index < -0.39 is 0 Å². The van der Waals surface area contributed by atoms with Gasteiger partial charge in [0.2, 0.25) is 0 Å². The fraction of sp³-hybridized carbons (Fsp3) is 0.474. The van der Waals surface area contributed by atoms with E-state index >= 15 is 0 Å². The van der Waals surface area contributed by atoms with E-state index in [-0.39, 0.29) is 24.0 Å². The SMILES string of the molecule is CCNC(=NCc1cccc(OC)c1)N1CCN(Cc2ccon2)CC1.I. The minimum absolute atomic E-state index is 0. The van der Waals surface area contributed by atoms with Gasteiger partial charge in [0.25, 0.3) is 0 Å². The molecule has 0 spiro atoms. The lowest BCUT2D eigenvalue weighted by Crippen LogP contribution is -2.52. The molecule has 1 fully saturated rings. The van der Waals surface area contributed by atoms with Gasteiger partial charge in [-0.15, -0.1) is 24.0 Å². The van der Waals surface area contributed by atoms with Crippen molar-refractivity contribution in [2.45, 2.75) is 20.0 Å². The predicted octanol–water partition coefficient (Wildman–Crippen LogP) is 2.58. The fourth-order valence-electron chi connectivity index (χ4n) is 3.03. The first-order valence-corrected chi connectivity index (χ1v) is 9.06. The summed E-state index contributed by atoms with van der Waals surface area (Å²) in [5.41, 5.74) is 2.13. The van der Waals surface area contributed by atoms with Gasteiger partial charge in [-0.25, -0.2) is 4.99 Å². The molecule has 1 aromatic heterocycles. The van der Waals surface area contributed by atoms with Crippen molar-refractivity contribution in [1.29, 1.82) is 0 Å². The van der Waals surface area contributed by atoms with Crippen molar-refractivity contribution in [2.75, 3.05) is 39.8 Å². The average Bonchev–Trinajstić information content (AvgIpc) is 3.19. The van der Waals surface area contributed by atoms with Crippen LogP contribution in [0.3, 0.4) is 0 Å². The zero-order valence-corrected chi connectivity index (χ0v) is 18.3. The zero-order valence-electron chi connectivity index (χ0n) is 15.9. The molecule has 1 saturated heterocycles. The lowest BCUT2D eigenvalue weighted by molar-refractivity contribution is 0.169. The van der Waals surface area contributed by atoms with Crippen molar-refractivity contribution < 1.29 is 9.26 Å². The van der Waals surface area contributed by atoms with Crippen molar-refractivity contribution in [3.05, 3.63) is 47.9 Å². The first-order chi connectivity index (χ1) is 12.8. The van der Waals surface area contributed by atoms with E-state index in [0.29, 0.717) is 6.54 Å². The summed E-state index contributed by atoms with van der Waals surface area (Å²) in [4.78, 5) is 9.52. The first-order valence-electron chi connectivity index (χ1n) is 9.06. The van der Waals surface area contributed by atoms with Gasteiger partial charge in [0.1, 0.15) is 12.0 Å². The molecule has 1 aliphatic heterocycles. The summed E-state index contributed by atoms with van der Waals surface area (Å²) in [7, 11) is 1.69. The molecule has 0 unspecified atom stereocenters. The molecule has 0 amide bonds. The van der Waals surface area contributed by atoms with Crippen LogP contribution in [0.15, 0.2) is 46.1 Å². The standard InChI is InChI=1S/C19H27N5O2.HI/c1-3-20-19(21-14-16-5-4-6-18(13-16)25-2)24-10-8-23(9-11-24)15-17-7-12-26-22-17;/h4-7,12-13H,3,8-11,14-15H2,1-2H3,(H,20,21);1H. The highest BCUT2D eigenvalue weighted by Crippen LogP contribution is 2.14. The van der Waals surface area contributed by atoms with Crippen LogP contribution in [0.4, 0.5) is 0 Å². The van der Waals surface area contributed by atoms with Gasteiger partial charge >= 0.3 is 0 Å². The van der Waals surface area contributed by atoms with Crippen molar-refractivity contribution in [1.82, 2.24) is 20.3 Å². The van der Waals surface area contributed by atoms with Crippen molar-refractivity contribution in [3.63, 3.8) is 0 Å². The number of halogens is 1. The van der Waals surface area contributed by atoms with Crippen LogP contribution in [0.2, 0.25) is 0 Å². The van der Waals surface area contributed by atoms with Crippen LogP contribution in [0, 0.1) is 0 Å². The highest BCUT2D eigenvalue weighted by molar-refractivity contribution is 14.0. The summed E-state index contributed by atoms with van der Waals surface area (Å²) in [6.45, 7) is 8.29. The monoisotopic (exact) mass is 485 g/mol. The first kappa shape index (κ1) is 21.5. The Morgan fingerprint density at radius 3 is 2.74 bits per heavy atom. The maximum atomic E-state index is 5.29. The van der Waals surface area contributed by atoms with E-state index in [1.54, 1.807) is 13.4 Å². The smallest absolute Gasteiger partial charge is 0.194 e. The summed E-state index contributed by atoms with van der Waals surface area (Å²) in [5, 5.41) is 7.40. The molecular weight excluding hydrogens is 457 g/mol. The third-order valence-corrected chi connectivity index (χ3v) is 4.43. The summed E-state index contributed by atoms with van der Waals surface area (Å²) < 4.78 is 10.2. The molecule has 27 heavy (non-hydrogen) atoms. The Morgan fingerprint density at radius 1 is 1.26 bits per heavy atom. The molecule has 2 aromatic rings. The summed E-state index contributed by atoms with van der Waals surface area (Å²) in [6.07, 6.45) is 1.63. The number of benzene rings is 1. The molecule has 1 aromatic carbocycles. The molecule has 2 heterocycles. The van der Waals surface area contributed by atoms with Crippen LogP contribution in [0.1, 0.15) is 18.2 Å². The van der Waals surface area contributed by atoms with Crippen LogP contribution in [0.25, 0.3) is 0 Å². The molecule has 0 radical (unpaired) electrons. The number of piperazine rings is 1. The highest BCUT2D eigenvalue weighted by Gasteiger charge is 2.20. The van der Waals surface area contributed by atoms with Crippen LogP contribution < -0.4 is 10.1 Å². The number of rotatable bonds is 6. The Bertz CT molecular complexity index is 700. The van der Waals surface area contributed by atoms with E-state index in [9.17, 15) is 0 Å². The molecule has 1 N–H and O–H groups in total. The highest BCUT2D eigenvalue weighted by atomic mass is 127. The quantitative estimate of drug-likeness (QED) is 0.386. The molecular formula is C19H28IN5O2. The van der Waals surface area contributed by atoms with Crippen molar-refractivity contribution >= 4 is 29.9 Å². The van der Waals surface area contributed by atoms with Gasteiger partial charge in [-0.05, 0) is 24.6 Å². The van der Waals surface area contributed by atoms with Gasteiger partial charge < -0.3 is 19.5 Å². The van der Waals surface area contributed by atoms with E-state index in [1.807, 2.05) is 24.3 Å². The lowest BCUT2D eigenvalue weighted by Gasteiger charge is -2.36. The topological polar surface area (TPSA) is 66.1 Å². The summed E-state index contributed by atoms with van der Waals surface area (Å²) >= 11 is 0. The number of methoxy groups -OCH3 is 1. The number of hydrogen-bond acceptors (Lipinski definition) is 5. The number of guanidine groups is 1. The third-order valence-electron chi connectivity index (χ3n) is 4.43. The van der Waals surface area contributed by atoms with E-state index in [2.05, 4.69) is 33.3 Å². The zero-order chi connectivity index (χ0) is 18.2. The van der Waals surface area contributed by atoms with Gasteiger partial charge in [-0.3, -0.25) is 4.90 Å². The summed E-state index contributed by atoms with van der Waals surface area (Å²) in [6, 6.07) is 9.98. The maximum absolute atomic E-state index is 5.29. The Hall–Kier alpha value is -1.81. The van der Waals surface area contributed by atoms with Gasteiger partial charge in [0.05, 0.1) is 19.3 Å². The van der Waals surface area contributed by atoms with Crippen molar-refractivity contribution in [2.24, 2.45) is 4.99 Å². The molecule has 1 aliphatic rings. The van der Waals surface area contributed by atoms with Crippen LogP contribution in [-0.2, 0) is 13.1 Å². The Kier molecular flexibility index (Phi) is 8.86. The second-order valence-corrected chi connectivity index (χ2v) is 6.28. The molecule has 0 bridgehead atoms. The molecule has 0 aliphatic carbocycles. The average molecular weight is 485 g/mol. The number of aliphatic imine (C=N–C) groups is 1. The Balaban J connectivity index is 0.00000261. The number of nitrogens with one attached hydrogen (secondary N) is 1. The normalized spacial score (nSPS) is 15.3. The van der Waals surface area contributed by atoms with Gasteiger partial charge in [-0.1, -0.05) is 17.3 Å². The number of ether oxygens (including phenoxy) is 1. The minimum atomic E-state index is 0. The molecule has 148 valence electrons. The second-order valence-electron chi connectivity index (χ2n) is 6.28. The lowest BCUT2D eigenvalue weighted by atomic mass is 10.2. The van der Waals surface area contributed by atoms with E-state index in [4.69, 9.17) is 14.3 Å². The molecule has 3 rings (SSSR count).